The van der Waals surface area contributed by atoms with Crippen molar-refractivity contribution in [1.29, 1.82) is 10.5 Å². The van der Waals surface area contributed by atoms with E-state index in [0.29, 0.717) is 8.95 Å². The first-order valence-corrected chi connectivity index (χ1v) is 6.37. The smallest absolute Gasteiger partial charge is 0.292 e. The first-order valence-electron chi connectivity index (χ1n) is 4.78. The van der Waals surface area contributed by atoms with E-state index in [1.165, 1.54) is 0 Å². The van der Waals surface area contributed by atoms with Crippen molar-refractivity contribution in [2.75, 3.05) is 0 Å². The van der Waals surface area contributed by atoms with Gasteiger partial charge < -0.3 is 9.47 Å². The van der Waals surface area contributed by atoms with Crippen molar-refractivity contribution in [3.8, 4) is 24.0 Å². The second kappa shape index (κ2) is 6.48. The maximum absolute atomic E-state index is 8.60. The van der Waals surface area contributed by atoms with E-state index in [9.17, 15) is 0 Å². The summed E-state index contributed by atoms with van der Waals surface area (Å²) < 4.78 is 10.8. The van der Waals surface area contributed by atoms with Crippen LogP contribution in [0.2, 0.25) is 0 Å². The van der Waals surface area contributed by atoms with Gasteiger partial charge in [0.2, 0.25) is 11.5 Å². The van der Waals surface area contributed by atoms with Crippen molar-refractivity contribution in [2.24, 2.45) is 0 Å². The van der Waals surface area contributed by atoms with Crippen LogP contribution >= 0.6 is 31.9 Å². The lowest BCUT2D eigenvalue weighted by Gasteiger charge is -2.11. The molecule has 0 radical (unpaired) electrons. The summed E-state index contributed by atoms with van der Waals surface area (Å²) in [5.41, 5.74) is 0.981. The Kier molecular flexibility index (Phi) is 5.27. The Balaban J connectivity index is 3.38. The fourth-order valence-corrected chi connectivity index (χ4v) is 2.48. The van der Waals surface area contributed by atoms with Crippen molar-refractivity contribution in [1.82, 2.24) is 0 Å². The van der Waals surface area contributed by atoms with Crippen LogP contribution in [0.4, 0.5) is 0 Å². The zero-order valence-corrected chi connectivity index (χ0v) is 12.1. The molecule has 0 aromatic heterocycles. The van der Waals surface area contributed by atoms with Crippen molar-refractivity contribution >= 4 is 31.9 Å². The molecule has 0 bridgehead atoms. The molecule has 0 heterocycles. The van der Waals surface area contributed by atoms with Gasteiger partial charge in [0.25, 0.3) is 12.5 Å². The van der Waals surface area contributed by atoms with Crippen LogP contribution in [0.1, 0.15) is 18.9 Å². The van der Waals surface area contributed by atoms with Crippen molar-refractivity contribution in [2.45, 2.75) is 19.8 Å². The number of halogens is 2. The SMILES string of the molecule is CCCc1cc(Br)c(OC#N)c(OC#N)c1Br. The molecule has 0 saturated heterocycles. The Morgan fingerprint density at radius 3 is 2.29 bits per heavy atom. The summed E-state index contributed by atoms with van der Waals surface area (Å²) in [5.74, 6) is 0.410. The quantitative estimate of drug-likeness (QED) is 0.765. The molecule has 4 nitrogen and oxygen atoms in total. The number of hydrogen-bond acceptors (Lipinski definition) is 4. The van der Waals surface area contributed by atoms with E-state index in [-0.39, 0.29) is 11.5 Å². The molecule has 0 fully saturated rings. The molecule has 0 N–H and O–H groups in total. The van der Waals surface area contributed by atoms with Crippen LogP contribution in [-0.4, -0.2) is 0 Å². The van der Waals surface area contributed by atoms with E-state index in [4.69, 9.17) is 20.0 Å². The van der Waals surface area contributed by atoms with Crippen LogP contribution < -0.4 is 9.47 Å². The Morgan fingerprint density at radius 1 is 1.18 bits per heavy atom. The fraction of sp³-hybridized carbons (Fsp3) is 0.273. The number of nitrogens with zero attached hydrogens (tertiary/aromatic N) is 2. The van der Waals surface area contributed by atoms with Gasteiger partial charge in [-0.2, -0.15) is 0 Å². The molecular formula is C11H8Br2N2O2. The van der Waals surface area contributed by atoms with Gasteiger partial charge >= 0.3 is 0 Å². The van der Waals surface area contributed by atoms with Gasteiger partial charge in [-0.1, -0.05) is 13.3 Å². The van der Waals surface area contributed by atoms with E-state index in [1.54, 1.807) is 12.5 Å². The summed E-state index contributed by atoms with van der Waals surface area (Å²) in [6, 6.07) is 1.84. The zero-order valence-electron chi connectivity index (χ0n) is 8.96. The number of benzene rings is 1. The zero-order chi connectivity index (χ0) is 12.8. The van der Waals surface area contributed by atoms with Gasteiger partial charge in [0.15, 0.2) is 0 Å². The highest BCUT2D eigenvalue weighted by Crippen LogP contribution is 2.43. The molecule has 0 atom stereocenters. The van der Waals surface area contributed by atoms with Gasteiger partial charge in [0, 0.05) is 0 Å². The molecule has 0 unspecified atom stereocenters. The van der Waals surface area contributed by atoms with E-state index in [0.717, 1.165) is 18.4 Å². The third-order valence-electron chi connectivity index (χ3n) is 2.02. The van der Waals surface area contributed by atoms with Crippen molar-refractivity contribution < 1.29 is 9.47 Å². The van der Waals surface area contributed by atoms with E-state index in [1.807, 2.05) is 13.0 Å². The van der Waals surface area contributed by atoms with Crippen molar-refractivity contribution in [3.63, 3.8) is 0 Å². The minimum Gasteiger partial charge on any atom is -0.383 e. The molecule has 0 aliphatic heterocycles. The Morgan fingerprint density at radius 2 is 1.76 bits per heavy atom. The van der Waals surface area contributed by atoms with Gasteiger partial charge in [-0.3, -0.25) is 0 Å². The van der Waals surface area contributed by atoms with E-state index >= 15 is 0 Å². The van der Waals surface area contributed by atoms with Crippen LogP contribution in [0.5, 0.6) is 11.5 Å². The number of ether oxygens (including phenoxy) is 2. The highest BCUT2D eigenvalue weighted by molar-refractivity contribution is 9.11. The van der Waals surface area contributed by atoms with Crippen LogP contribution in [0, 0.1) is 23.0 Å². The van der Waals surface area contributed by atoms with Gasteiger partial charge in [0.05, 0.1) is 8.95 Å². The highest BCUT2D eigenvalue weighted by Gasteiger charge is 2.18. The monoisotopic (exact) mass is 358 g/mol. The third-order valence-corrected chi connectivity index (χ3v) is 3.48. The summed E-state index contributed by atoms with van der Waals surface area (Å²) in [6.07, 6.45) is 4.92. The molecule has 1 aromatic carbocycles. The molecule has 0 spiro atoms. The largest absolute Gasteiger partial charge is 0.383 e. The first kappa shape index (κ1) is 13.8. The molecular weight excluding hydrogens is 352 g/mol. The summed E-state index contributed by atoms with van der Waals surface area (Å²) in [7, 11) is 0. The number of nitriles is 2. The van der Waals surface area contributed by atoms with Gasteiger partial charge in [0.1, 0.15) is 0 Å². The lowest BCUT2D eigenvalue weighted by Crippen LogP contribution is -1.96. The Hall–Kier alpha value is -1.24. The predicted molar refractivity (Wildman–Crippen MR) is 68.3 cm³/mol. The fourth-order valence-electron chi connectivity index (χ4n) is 1.36. The molecule has 6 heteroatoms. The molecule has 0 amide bonds. The van der Waals surface area contributed by atoms with Gasteiger partial charge in [-0.25, -0.2) is 0 Å². The van der Waals surface area contributed by atoms with Crippen molar-refractivity contribution in [3.05, 3.63) is 20.6 Å². The average Bonchev–Trinajstić information content (AvgIpc) is 2.30. The molecule has 1 aromatic rings. The molecule has 0 aliphatic rings. The van der Waals surface area contributed by atoms with Crippen LogP contribution in [0.15, 0.2) is 15.0 Å². The minimum absolute atomic E-state index is 0.195. The molecule has 17 heavy (non-hydrogen) atoms. The molecule has 0 aliphatic carbocycles. The average molecular weight is 360 g/mol. The summed E-state index contributed by atoms with van der Waals surface area (Å²) in [6.45, 7) is 2.05. The Bertz CT molecular complexity index is 504. The van der Waals surface area contributed by atoms with Crippen LogP contribution in [-0.2, 0) is 6.42 Å². The van der Waals surface area contributed by atoms with Crippen LogP contribution in [0.3, 0.4) is 0 Å². The second-order valence-corrected chi connectivity index (χ2v) is 4.77. The second-order valence-electron chi connectivity index (χ2n) is 3.13. The van der Waals surface area contributed by atoms with E-state index < -0.39 is 0 Å². The summed E-state index contributed by atoms with van der Waals surface area (Å²) >= 11 is 6.64. The lowest BCUT2D eigenvalue weighted by molar-refractivity contribution is 0.436. The number of aryl methyl sites for hydroxylation is 1. The topological polar surface area (TPSA) is 66.0 Å². The lowest BCUT2D eigenvalue weighted by atomic mass is 10.1. The van der Waals surface area contributed by atoms with Gasteiger partial charge in [-0.05, 0) is 49.9 Å². The van der Waals surface area contributed by atoms with E-state index in [2.05, 4.69) is 31.9 Å². The standard InChI is InChI=1S/C11H8Br2N2O2/c1-2-3-7-4-8(12)10(16-5-14)11(9(7)13)17-6-15/h4H,2-3H2,1H3. The normalized spacial score (nSPS) is 9.24. The maximum Gasteiger partial charge on any atom is 0.292 e. The number of hydrogen-bond donors (Lipinski definition) is 0. The Labute approximate surface area is 116 Å². The highest BCUT2D eigenvalue weighted by atomic mass is 79.9. The molecule has 1 rings (SSSR count). The summed E-state index contributed by atoms with van der Waals surface area (Å²) in [5, 5.41) is 17.2. The maximum atomic E-state index is 8.60. The first-order chi connectivity index (χ1) is 8.15. The van der Waals surface area contributed by atoms with Crippen LogP contribution in [0.25, 0.3) is 0 Å². The predicted octanol–water partition coefficient (Wildman–Crippen LogP) is 3.88. The minimum atomic E-state index is 0.195. The van der Waals surface area contributed by atoms with Gasteiger partial charge in [-0.15, -0.1) is 10.5 Å². The molecule has 88 valence electrons. The number of rotatable bonds is 4. The summed E-state index contributed by atoms with van der Waals surface area (Å²) in [4.78, 5) is 0. The molecule has 0 saturated carbocycles. The third kappa shape index (κ3) is 3.12.